The molecule has 4 nitrogen and oxygen atoms in total. The van der Waals surface area contributed by atoms with Crippen LogP contribution in [0.3, 0.4) is 0 Å². The fourth-order valence-electron chi connectivity index (χ4n) is 1.82. The van der Waals surface area contributed by atoms with Crippen LogP contribution in [0.15, 0.2) is 17.5 Å². The smallest absolute Gasteiger partial charge is 0.0900 e. The van der Waals surface area contributed by atoms with Gasteiger partial charge in [0.1, 0.15) is 0 Å². The summed E-state index contributed by atoms with van der Waals surface area (Å²) in [4.78, 5) is 3.41. The summed E-state index contributed by atoms with van der Waals surface area (Å²) in [6.07, 6.45) is -0.409. The summed E-state index contributed by atoms with van der Waals surface area (Å²) >= 11 is 1.68. The lowest BCUT2D eigenvalue weighted by molar-refractivity contribution is -0.0171. The van der Waals surface area contributed by atoms with Crippen LogP contribution in [0.5, 0.6) is 0 Å². The highest BCUT2D eigenvalue weighted by Gasteiger charge is 2.14. The number of morpholine rings is 1. The van der Waals surface area contributed by atoms with E-state index in [2.05, 4.69) is 4.90 Å². The number of hydrogen-bond acceptors (Lipinski definition) is 5. The molecule has 0 saturated carbocycles. The van der Waals surface area contributed by atoms with Crippen LogP contribution in [-0.4, -0.2) is 55.6 Å². The largest absolute Gasteiger partial charge is 0.389 e. The first kappa shape index (κ1) is 13.0. The Kier molecular flexibility index (Phi) is 5.41. The van der Waals surface area contributed by atoms with Crippen LogP contribution in [0.4, 0.5) is 0 Å². The summed E-state index contributed by atoms with van der Waals surface area (Å²) in [7, 11) is 0. The van der Waals surface area contributed by atoms with E-state index in [0.717, 1.165) is 26.3 Å². The number of aliphatic hydroxyl groups is 1. The summed E-state index contributed by atoms with van der Waals surface area (Å²) in [5.74, 6) is 0. The summed E-state index contributed by atoms with van der Waals surface area (Å²) in [5, 5.41) is 11.9. The minimum Gasteiger partial charge on any atom is -0.389 e. The van der Waals surface area contributed by atoms with E-state index < -0.39 is 6.10 Å². The van der Waals surface area contributed by atoms with Gasteiger partial charge in [-0.25, -0.2) is 0 Å². The van der Waals surface area contributed by atoms with Crippen LogP contribution in [-0.2, 0) is 16.1 Å². The molecule has 1 aliphatic rings. The first-order valence-electron chi connectivity index (χ1n) is 5.93. The predicted molar refractivity (Wildman–Crippen MR) is 67.2 cm³/mol. The standard InChI is InChI=1S/C12H19NO3S/c14-11(8-13-3-5-15-6-4-13)9-16-10-12-2-1-7-17-12/h1-2,7,11,14H,3-6,8-10H2/t11-/m1/s1. The molecule has 0 aromatic carbocycles. The Morgan fingerprint density at radius 3 is 3.00 bits per heavy atom. The van der Waals surface area contributed by atoms with E-state index in [-0.39, 0.29) is 0 Å². The van der Waals surface area contributed by atoms with Crippen LogP contribution in [0.2, 0.25) is 0 Å². The zero-order valence-corrected chi connectivity index (χ0v) is 10.7. The molecule has 1 atom stereocenters. The SMILES string of the molecule is O[C@@H](COCc1cccs1)CN1CCOCC1. The summed E-state index contributed by atoms with van der Waals surface area (Å²) in [6, 6.07) is 4.05. The van der Waals surface area contributed by atoms with Crippen LogP contribution >= 0.6 is 11.3 Å². The topological polar surface area (TPSA) is 41.9 Å². The second-order valence-corrected chi connectivity index (χ2v) is 5.19. The normalized spacial score (nSPS) is 19.4. The number of ether oxygens (including phenoxy) is 2. The van der Waals surface area contributed by atoms with Gasteiger partial charge in [-0.2, -0.15) is 0 Å². The molecule has 1 saturated heterocycles. The van der Waals surface area contributed by atoms with E-state index in [9.17, 15) is 5.11 Å². The molecule has 0 amide bonds. The van der Waals surface area contributed by atoms with E-state index >= 15 is 0 Å². The Morgan fingerprint density at radius 1 is 1.47 bits per heavy atom. The lowest BCUT2D eigenvalue weighted by Crippen LogP contribution is -2.42. The van der Waals surface area contributed by atoms with Crippen molar-refractivity contribution in [2.45, 2.75) is 12.7 Å². The third-order valence-electron chi connectivity index (χ3n) is 2.71. The molecule has 0 radical (unpaired) electrons. The maximum atomic E-state index is 9.83. The number of aliphatic hydroxyl groups excluding tert-OH is 1. The van der Waals surface area contributed by atoms with E-state index in [1.807, 2.05) is 17.5 Å². The van der Waals surface area contributed by atoms with Crippen molar-refractivity contribution in [2.75, 3.05) is 39.5 Å². The van der Waals surface area contributed by atoms with Crippen molar-refractivity contribution in [3.63, 3.8) is 0 Å². The van der Waals surface area contributed by atoms with Crippen LogP contribution < -0.4 is 0 Å². The van der Waals surface area contributed by atoms with Gasteiger partial charge in [0, 0.05) is 24.5 Å². The van der Waals surface area contributed by atoms with Gasteiger partial charge in [0.2, 0.25) is 0 Å². The molecule has 0 spiro atoms. The average Bonchev–Trinajstić information content (AvgIpc) is 2.83. The molecular weight excluding hydrogens is 238 g/mol. The maximum absolute atomic E-state index is 9.83. The molecule has 2 heterocycles. The molecule has 96 valence electrons. The fourth-order valence-corrected chi connectivity index (χ4v) is 2.47. The Labute approximate surface area is 106 Å². The van der Waals surface area contributed by atoms with E-state index in [1.165, 1.54) is 4.88 Å². The Bertz CT molecular complexity index is 299. The predicted octanol–water partition coefficient (Wildman–Crippen LogP) is 0.958. The molecule has 1 aromatic rings. The zero-order chi connectivity index (χ0) is 11.9. The third-order valence-corrected chi connectivity index (χ3v) is 3.56. The van der Waals surface area contributed by atoms with Crippen molar-refractivity contribution in [2.24, 2.45) is 0 Å². The Balaban J connectivity index is 1.58. The molecule has 17 heavy (non-hydrogen) atoms. The number of hydrogen-bond donors (Lipinski definition) is 1. The first-order chi connectivity index (χ1) is 8.34. The minimum absolute atomic E-state index is 0.398. The summed E-state index contributed by atoms with van der Waals surface area (Å²) in [6.45, 7) is 5.01. The quantitative estimate of drug-likeness (QED) is 0.824. The van der Waals surface area contributed by atoms with Gasteiger partial charge < -0.3 is 14.6 Å². The van der Waals surface area contributed by atoms with Crippen LogP contribution in [0.25, 0.3) is 0 Å². The van der Waals surface area contributed by atoms with E-state index in [0.29, 0.717) is 19.8 Å². The van der Waals surface area contributed by atoms with Crippen molar-refractivity contribution in [1.82, 2.24) is 4.90 Å². The van der Waals surface area contributed by atoms with E-state index in [1.54, 1.807) is 11.3 Å². The number of thiophene rings is 1. The average molecular weight is 257 g/mol. The molecule has 1 N–H and O–H groups in total. The van der Waals surface area contributed by atoms with Gasteiger partial charge in [-0.15, -0.1) is 11.3 Å². The highest BCUT2D eigenvalue weighted by atomic mass is 32.1. The zero-order valence-electron chi connectivity index (χ0n) is 9.88. The van der Waals surface area contributed by atoms with Gasteiger partial charge >= 0.3 is 0 Å². The molecule has 0 unspecified atom stereocenters. The van der Waals surface area contributed by atoms with Gasteiger partial charge in [-0.3, -0.25) is 4.90 Å². The molecule has 0 aliphatic carbocycles. The summed E-state index contributed by atoms with van der Waals surface area (Å²) < 4.78 is 10.7. The van der Waals surface area contributed by atoms with Crippen molar-refractivity contribution < 1.29 is 14.6 Å². The molecule has 2 rings (SSSR count). The van der Waals surface area contributed by atoms with Gasteiger partial charge in [0.15, 0.2) is 0 Å². The monoisotopic (exact) mass is 257 g/mol. The Hall–Kier alpha value is -0.460. The highest BCUT2D eigenvalue weighted by Crippen LogP contribution is 2.09. The Morgan fingerprint density at radius 2 is 2.29 bits per heavy atom. The number of nitrogens with zero attached hydrogens (tertiary/aromatic N) is 1. The van der Waals surface area contributed by atoms with E-state index in [4.69, 9.17) is 9.47 Å². The highest BCUT2D eigenvalue weighted by molar-refractivity contribution is 7.09. The second kappa shape index (κ2) is 7.08. The number of β-amino-alcohol motifs (C(OH)–C–C–N with tert-alkyl or cyclic N) is 1. The van der Waals surface area contributed by atoms with Gasteiger partial charge in [-0.05, 0) is 11.4 Å². The molecule has 1 aromatic heterocycles. The molecule has 0 bridgehead atoms. The van der Waals surface area contributed by atoms with Crippen molar-refractivity contribution in [3.8, 4) is 0 Å². The summed E-state index contributed by atoms with van der Waals surface area (Å²) in [5.41, 5.74) is 0. The molecule has 1 aliphatic heterocycles. The lowest BCUT2D eigenvalue weighted by Gasteiger charge is -2.28. The lowest BCUT2D eigenvalue weighted by atomic mass is 10.3. The minimum atomic E-state index is -0.409. The van der Waals surface area contributed by atoms with Gasteiger partial charge in [0.05, 0.1) is 32.5 Å². The maximum Gasteiger partial charge on any atom is 0.0900 e. The van der Waals surface area contributed by atoms with Gasteiger partial charge in [-0.1, -0.05) is 6.07 Å². The fraction of sp³-hybridized carbons (Fsp3) is 0.667. The van der Waals surface area contributed by atoms with Crippen molar-refractivity contribution in [3.05, 3.63) is 22.4 Å². The van der Waals surface area contributed by atoms with Crippen molar-refractivity contribution >= 4 is 11.3 Å². The number of rotatable bonds is 6. The first-order valence-corrected chi connectivity index (χ1v) is 6.81. The molecular formula is C12H19NO3S. The van der Waals surface area contributed by atoms with Crippen molar-refractivity contribution in [1.29, 1.82) is 0 Å². The molecule has 1 fully saturated rings. The second-order valence-electron chi connectivity index (χ2n) is 4.16. The van der Waals surface area contributed by atoms with Crippen LogP contribution in [0.1, 0.15) is 4.88 Å². The molecule has 5 heteroatoms. The third kappa shape index (κ3) is 4.73. The van der Waals surface area contributed by atoms with Crippen LogP contribution in [0, 0.1) is 0 Å². The van der Waals surface area contributed by atoms with Gasteiger partial charge in [0.25, 0.3) is 0 Å².